The highest BCUT2D eigenvalue weighted by molar-refractivity contribution is 5.92. The van der Waals surface area contributed by atoms with Crippen molar-refractivity contribution in [1.29, 1.82) is 0 Å². The number of carbonyl (C=O) groups excluding carboxylic acids is 1. The van der Waals surface area contributed by atoms with Crippen LogP contribution in [0.25, 0.3) is 0 Å². The molecule has 38 heavy (non-hydrogen) atoms. The van der Waals surface area contributed by atoms with Gasteiger partial charge in [0.05, 0.1) is 6.54 Å². The van der Waals surface area contributed by atoms with E-state index in [1.165, 1.54) is 11.1 Å². The molecule has 3 aromatic rings. The summed E-state index contributed by atoms with van der Waals surface area (Å²) in [6, 6.07) is 14.5. The Morgan fingerprint density at radius 2 is 1.68 bits per heavy atom. The molecule has 0 aliphatic carbocycles. The Morgan fingerprint density at radius 1 is 0.974 bits per heavy atom. The Hall–Kier alpha value is -3.36. The first-order chi connectivity index (χ1) is 18.3. The van der Waals surface area contributed by atoms with E-state index in [2.05, 4.69) is 41.5 Å². The minimum atomic E-state index is -1.25. The van der Waals surface area contributed by atoms with Crippen molar-refractivity contribution >= 4 is 11.6 Å². The fourth-order valence-electron chi connectivity index (χ4n) is 4.77. The van der Waals surface area contributed by atoms with Crippen molar-refractivity contribution in [1.82, 2.24) is 10.2 Å². The second-order valence-corrected chi connectivity index (χ2v) is 9.79. The van der Waals surface area contributed by atoms with Crippen LogP contribution in [0.4, 0.5) is 18.9 Å². The summed E-state index contributed by atoms with van der Waals surface area (Å²) in [5.74, 6) is -2.97. The molecule has 202 valence electrons. The van der Waals surface area contributed by atoms with Crippen LogP contribution in [0.5, 0.6) is 11.5 Å². The molecule has 2 N–H and O–H groups in total. The van der Waals surface area contributed by atoms with Crippen molar-refractivity contribution in [3.05, 3.63) is 88.7 Å². The lowest BCUT2D eigenvalue weighted by Gasteiger charge is -2.33. The molecule has 5 nitrogen and oxygen atoms in total. The van der Waals surface area contributed by atoms with Crippen LogP contribution in [0.1, 0.15) is 48.8 Å². The van der Waals surface area contributed by atoms with E-state index in [0.717, 1.165) is 56.7 Å². The van der Waals surface area contributed by atoms with Gasteiger partial charge in [0, 0.05) is 24.4 Å². The first-order valence-electron chi connectivity index (χ1n) is 13.1. The first kappa shape index (κ1) is 27.7. The van der Waals surface area contributed by atoms with Crippen molar-refractivity contribution in [2.75, 3.05) is 31.5 Å². The molecular formula is C30H34F3N3O2. The van der Waals surface area contributed by atoms with Gasteiger partial charge in [-0.2, -0.15) is 0 Å². The molecule has 4 rings (SSSR count). The third-order valence-corrected chi connectivity index (χ3v) is 6.83. The number of likely N-dealkylation sites (tertiary alicyclic amines) is 1. The summed E-state index contributed by atoms with van der Waals surface area (Å²) in [7, 11) is 0. The number of aryl methyl sites for hydroxylation is 1. The van der Waals surface area contributed by atoms with Crippen LogP contribution < -0.4 is 15.4 Å². The number of hydrogen-bond acceptors (Lipinski definition) is 4. The second-order valence-electron chi connectivity index (χ2n) is 9.79. The van der Waals surface area contributed by atoms with Crippen molar-refractivity contribution in [3.63, 3.8) is 0 Å². The summed E-state index contributed by atoms with van der Waals surface area (Å²) in [5.41, 5.74) is 4.44. The third kappa shape index (κ3) is 7.36. The van der Waals surface area contributed by atoms with E-state index in [-0.39, 0.29) is 11.7 Å². The molecule has 0 bridgehead atoms. The highest BCUT2D eigenvalue weighted by atomic mass is 19.2. The van der Waals surface area contributed by atoms with Gasteiger partial charge in [0.25, 0.3) is 0 Å². The highest BCUT2D eigenvalue weighted by Gasteiger charge is 2.22. The van der Waals surface area contributed by atoms with Gasteiger partial charge in [-0.05, 0) is 92.7 Å². The number of piperidine rings is 1. The summed E-state index contributed by atoms with van der Waals surface area (Å²) < 4.78 is 45.8. The SMILES string of the molecule is CCCNCC(=O)Nc1ccc(C)c(C2CCN(Cc3ccc(Oc4cc(F)c(F)cc4F)cc3)CC2)c1. The molecule has 0 aromatic heterocycles. The van der Waals surface area contributed by atoms with E-state index >= 15 is 0 Å². The Labute approximate surface area is 222 Å². The molecule has 1 amide bonds. The molecule has 0 unspecified atom stereocenters. The maximum atomic E-state index is 13.9. The van der Waals surface area contributed by atoms with E-state index < -0.39 is 17.5 Å². The molecule has 1 heterocycles. The minimum absolute atomic E-state index is 0.0329. The van der Waals surface area contributed by atoms with Crippen LogP contribution in [-0.4, -0.2) is 37.0 Å². The zero-order valence-corrected chi connectivity index (χ0v) is 21.8. The highest BCUT2D eigenvalue weighted by Crippen LogP contribution is 2.33. The number of amides is 1. The second kappa shape index (κ2) is 12.9. The summed E-state index contributed by atoms with van der Waals surface area (Å²) in [5, 5.41) is 6.12. The summed E-state index contributed by atoms with van der Waals surface area (Å²) in [4.78, 5) is 14.6. The molecule has 3 aromatic carbocycles. The van der Waals surface area contributed by atoms with Crippen molar-refractivity contribution in [2.24, 2.45) is 0 Å². The number of ether oxygens (including phenoxy) is 1. The van der Waals surface area contributed by atoms with Gasteiger partial charge in [-0.1, -0.05) is 25.1 Å². The molecule has 0 saturated carbocycles. The lowest BCUT2D eigenvalue weighted by atomic mass is 9.86. The fourth-order valence-corrected chi connectivity index (χ4v) is 4.77. The lowest BCUT2D eigenvalue weighted by molar-refractivity contribution is -0.115. The molecule has 1 aliphatic heterocycles. The zero-order valence-electron chi connectivity index (χ0n) is 21.8. The molecule has 1 aliphatic rings. The average Bonchev–Trinajstić information content (AvgIpc) is 2.90. The number of anilines is 1. The van der Waals surface area contributed by atoms with Crippen molar-refractivity contribution < 1.29 is 22.7 Å². The average molecular weight is 526 g/mol. The van der Waals surface area contributed by atoms with Gasteiger partial charge in [-0.15, -0.1) is 0 Å². The van der Waals surface area contributed by atoms with Crippen LogP contribution in [-0.2, 0) is 11.3 Å². The Morgan fingerprint density at radius 3 is 2.39 bits per heavy atom. The van der Waals surface area contributed by atoms with Crippen LogP contribution in [0.15, 0.2) is 54.6 Å². The number of hydrogen-bond donors (Lipinski definition) is 2. The lowest BCUT2D eigenvalue weighted by Crippen LogP contribution is -2.32. The molecule has 0 spiro atoms. The summed E-state index contributed by atoms with van der Waals surface area (Å²) in [6.07, 6.45) is 3.03. The number of rotatable bonds is 10. The van der Waals surface area contributed by atoms with E-state index in [4.69, 9.17) is 4.74 Å². The van der Waals surface area contributed by atoms with Gasteiger partial charge in [-0.25, -0.2) is 13.2 Å². The van der Waals surface area contributed by atoms with E-state index in [1.807, 2.05) is 18.2 Å². The molecular weight excluding hydrogens is 491 g/mol. The quantitative estimate of drug-likeness (QED) is 0.234. The van der Waals surface area contributed by atoms with Gasteiger partial charge in [-0.3, -0.25) is 9.69 Å². The molecule has 0 atom stereocenters. The van der Waals surface area contributed by atoms with Gasteiger partial charge in [0.15, 0.2) is 23.2 Å². The third-order valence-electron chi connectivity index (χ3n) is 6.83. The van der Waals surface area contributed by atoms with E-state index in [9.17, 15) is 18.0 Å². The summed E-state index contributed by atoms with van der Waals surface area (Å²) >= 11 is 0. The molecule has 1 saturated heterocycles. The number of nitrogens with one attached hydrogen (secondary N) is 2. The van der Waals surface area contributed by atoms with E-state index in [1.54, 1.807) is 12.1 Å². The minimum Gasteiger partial charge on any atom is -0.454 e. The standard InChI is InChI=1S/C30H34F3N3O2/c1-3-12-34-18-30(37)35-23-7-4-20(2)25(15-23)22-10-13-36(14-11-22)19-21-5-8-24(9-6-21)38-29-17-27(32)26(31)16-28(29)33/h4-9,15-17,22,34H,3,10-14,18-19H2,1-2H3,(H,35,37). The zero-order chi connectivity index (χ0) is 27.1. The number of halogens is 3. The molecule has 0 radical (unpaired) electrons. The topological polar surface area (TPSA) is 53.6 Å². The van der Waals surface area contributed by atoms with Gasteiger partial charge in [0.1, 0.15) is 5.75 Å². The van der Waals surface area contributed by atoms with Crippen molar-refractivity contribution in [2.45, 2.75) is 45.6 Å². The number of carbonyl (C=O) groups is 1. The Bertz CT molecular complexity index is 1240. The number of benzene rings is 3. The monoisotopic (exact) mass is 525 g/mol. The van der Waals surface area contributed by atoms with Crippen molar-refractivity contribution in [3.8, 4) is 11.5 Å². The largest absolute Gasteiger partial charge is 0.454 e. The smallest absolute Gasteiger partial charge is 0.238 e. The van der Waals surface area contributed by atoms with E-state index in [0.29, 0.717) is 30.3 Å². The maximum Gasteiger partial charge on any atom is 0.238 e. The van der Waals surface area contributed by atoms with Gasteiger partial charge in [0.2, 0.25) is 5.91 Å². The first-order valence-corrected chi connectivity index (χ1v) is 13.1. The van der Waals surface area contributed by atoms with Gasteiger partial charge >= 0.3 is 0 Å². The molecule has 1 fully saturated rings. The normalized spacial score (nSPS) is 14.4. The fraction of sp³-hybridized carbons (Fsp3) is 0.367. The van der Waals surface area contributed by atoms with Crippen LogP contribution in [0.2, 0.25) is 0 Å². The number of nitrogens with zero attached hydrogens (tertiary/aromatic N) is 1. The Kier molecular flexibility index (Phi) is 9.42. The molecule has 8 heteroatoms. The Balaban J connectivity index is 1.29. The predicted octanol–water partition coefficient (Wildman–Crippen LogP) is 6.52. The predicted molar refractivity (Wildman–Crippen MR) is 143 cm³/mol. The van der Waals surface area contributed by atoms with Gasteiger partial charge < -0.3 is 15.4 Å². The summed E-state index contributed by atoms with van der Waals surface area (Å²) in [6.45, 7) is 7.97. The van der Waals surface area contributed by atoms with Crippen LogP contribution >= 0.6 is 0 Å². The van der Waals surface area contributed by atoms with Crippen LogP contribution in [0, 0.1) is 24.4 Å². The maximum absolute atomic E-state index is 13.9. The van der Waals surface area contributed by atoms with Crippen LogP contribution in [0.3, 0.4) is 0 Å².